The zero-order chi connectivity index (χ0) is 18.7. The van der Waals surface area contributed by atoms with Gasteiger partial charge in [-0.1, -0.05) is 30.3 Å². The van der Waals surface area contributed by atoms with Gasteiger partial charge in [-0.2, -0.15) is 0 Å². The van der Waals surface area contributed by atoms with Crippen LogP contribution in [0.5, 0.6) is 0 Å². The Morgan fingerprint density at radius 3 is 2.62 bits per heavy atom. The number of aryl methyl sites for hydroxylation is 1. The quantitative estimate of drug-likeness (QED) is 0.658. The van der Waals surface area contributed by atoms with E-state index in [0.29, 0.717) is 16.3 Å². The summed E-state index contributed by atoms with van der Waals surface area (Å²) in [6.45, 7) is 3.76. The van der Waals surface area contributed by atoms with Crippen LogP contribution in [0.2, 0.25) is 0 Å². The summed E-state index contributed by atoms with van der Waals surface area (Å²) in [5.41, 5.74) is 2.99. The lowest BCUT2D eigenvalue weighted by Gasteiger charge is -2.05. The number of ether oxygens (including phenoxy) is 1. The number of rotatable bonds is 5. The zero-order valence-corrected chi connectivity index (χ0v) is 16.3. The maximum absolute atomic E-state index is 12.4. The van der Waals surface area contributed by atoms with E-state index in [4.69, 9.17) is 4.74 Å². The average Bonchev–Trinajstić information content (AvgIpc) is 3.20. The molecule has 0 saturated carbocycles. The minimum atomic E-state index is -0.442. The van der Waals surface area contributed by atoms with Crippen LogP contribution in [0.25, 0.3) is 10.6 Å². The van der Waals surface area contributed by atoms with E-state index >= 15 is 0 Å². The minimum absolute atomic E-state index is 0.153. The second-order valence-electron chi connectivity index (χ2n) is 5.71. The third-order valence-corrected chi connectivity index (χ3v) is 6.00. The van der Waals surface area contributed by atoms with Crippen LogP contribution in [-0.2, 0) is 16.0 Å². The van der Waals surface area contributed by atoms with E-state index in [1.807, 2.05) is 49.6 Å². The number of anilines is 1. The van der Waals surface area contributed by atoms with Gasteiger partial charge in [0.1, 0.15) is 10.0 Å². The van der Waals surface area contributed by atoms with Crippen molar-refractivity contribution < 1.29 is 14.3 Å². The van der Waals surface area contributed by atoms with Crippen molar-refractivity contribution in [2.24, 2.45) is 0 Å². The lowest BCUT2D eigenvalue weighted by atomic mass is 10.1. The number of aromatic nitrogens is 1. The van der Waals surface area contributed by atoms with Gasteiger partial charge >= 0.3 is 5.97 Å². The van der Waals surface area contributed by atoms with Crippen LogP contribution in [0.3, 0.4) is 0 Å². The fraction of sp³-hybridized carbons (Fsp3) is 0.211. The van der Waals surface area contributed by atoms with E-state index in [1.165, 1.54) is 29.8 Å². The van der Waals surface area contributed by atoms with E-state index in [1.54, 1.807) is 0 Å². The molecule has 3 aromatic rings. The molecule has 3 rings (SSSR count). The van der Waals surface area contributed by atoms with Crippen molar-refractivity contribution in [1.29, 1.82) is 0 Å². The van der Waals surface area contributed by atoms with Crippen molar-refractivity contribution in [1.82, 2.24) is 4.98 Å². The van der Waals surface area contributed by atoms with Gasteiger partial charge in [-0.15, -0.1) is 22.7 Å². The van der Waals surface area contributed by atoms with Crippen molar-refractivity contribution in [3.63, 3.8) is 0 Å². The topological polar surface area (TPSA) is 68.3 Å². The second-order valence-corrected chi connectivity index (χ2v) is 7.80. The number of carbonyl (C=O) groups excluding carboxylic acids is 2. The summed E-state index contributed by atoms with van der Waals surface area (Å²) in [4.78, 5) is 29.9. The van der Waals surface area contributed by atoms with E-state index in [2.05, 4.69) is 10.3 Å². The first-order valence-corrected chi connectivity index (χ1v) is 9.67. The van der Waals surface area contributed by atoms with E-state index in [-0.39, 0.29) is 12.3 Å². The van der Waals surface area contributed by atoms with Gasteiger partial charge in [-0.05, 0) is 19.4 Å². The van der Waals surface area contributed by atoms with Gasteiger partial charge in [0.15, 0.2) is 0 Å². The van der Waals surface area contributed by atoms with Gasteiger partial charge in [0.25, 0.3) is 0 Å². The van der Waals surface area contributed by atoms with Gasteiger partial charge < -0.3 is 10.1 Å². The monoisotopic (exact) mass is 386 g/mol. The number of amides is 1. The number of benzene rings is 1. The van der Waals surface area contributed by atoms with Crippen LogP contribution in [0.15, 0.2) is 35.7 Å². The molecule has 0 aliphatic rings. The summed E-state index contributed by atoms with van der Waals surface area (Å²) in [5.74, 6) is -0.650. The maximum Gasteiger partial charge on any atom is 0.341 e. The molecule has 0 fully saturated rings. The van der Waals surface area contributed by atoms with Gasteiger partial charge in [-0.25, -0.2) is 9.78 Å². The Hall–Kier alpha value is -2.51. The summed E-state index contributed by atoms with van der Waals surface area (Å²) in [7, 11) is 1.33. The Balaban J connectivity index is 1.73. The molecule has 26 heavy (non-hydrogen) atoms. The van der Waals surface area contributed by atoms with Crippen molar-refractivity contribution in [3.8, 4) is 10.6 Å². The highest BCUT2D eigenvalue weighted by Gasteiger charge is 2.21. The van der Waals surface area contributed by atoms with Crippen LogP contribution in [-0.4, -0.2) is 24.0 Å². The Kier molecular flexibility index (Phi) is 5.49. The second kappa shape index (κ2) is 7.80. The first-order valence-electron chi connectivity index (χ1n) is 7.97. The molecular formula is C19H18N2O3S2. The summed E-state index contributed by atoms with van der Waals surface area (Å²) >= 11 is 2.88. The largest absolute Gasteiger partial charge is 0.465 e. The zero-order valence-electron chi connectivity index (χ0n) is 14.7. The first kappa shape index (κ1) is 18.3. The fourth-order valence-corrected chi connectivity index (χ4v) is 4.39. The molecular weight excluding hydrogens is 368 g/mol. The van der Waals surface area contributed by atoms with Crippen molar-refractivity contribution in [3.05, 3.63) is 57.4 Å². The van der Waals surface area contributed by atoms with Crippen LogP contribution in [0.4, 0.5) is 5.00 Å². The predicted octanol–water partition coefficient (Wildman–Crippen LogP) is 4.46. The summed E-state index contributed by atoms with van der Waals surface area (Å²) in [6.07, 6.45) is 0.153. The number of thiophene rings is 1. The minimum Gasteiger partial charge on any atom is -0.465 e. The molecule has 2 heterocycles. The van der Waals surface area contributed by atoms with Gasteiger partial charge in [-0.3, -0.25) is 4.79 Å². The fourth-order valence-electron chi connectivity index (χ4n) is 2.50. The van der Waals surface area contributed by atoms with E-state index in [0.717, 1.165) is 21.0 Å². The lowest BCUT2D eigenvalue weighted by Crippen LogP contribution is -2.16. The Morgan fingerprint density at radius 1 is 1.19 bits per heavy atom. The van der Waals surface area contributed by atoms with Crippen LogP contribution in [0.1, 0.15) is 26.5 Å². The number of thiazole rings is 1. The van der Waals surface area contributed by atoms with Gasteiger partial charge in [0.05, 0.1) is 24.8 Å². The van der Waals surface area contributed by atoms with Crippen molar-refractivity contribution in [2.75, 3.05) is 12.4 Å². The SMILES string of the molecule is COC(=O)c1c(NC(=O)Cc2csc(-c3ccccc3)n2)sc(C)c1C. The average molecular weight is 386 g/mol. The van der Waals surface area contributed by atoms with Crippen molar-refractivity contribution in [2.45, 2.75) is 20.3 Å². The number of hydrogen-bond donors (Lipinski definition) is 1. The highest BCUT2D eigenvalue weighted by Crippen LogP contribution is 2.33. The molecule has 134 valence electrons. The number of carbonyl (C=O) groups is 2. The number of nitrogens with zero attached hydrogens (tertiary/aromatic N) is 1. The molecule has 2 aromatic heterocycles. The normalized spacial score (nSPS) is 10.6. The Morgan fingerprint density at radius 2 is 1.92 bits per heavy atom. The van der Waals surface area contributed by atoms with Crippen LogP contribution >= 0.6 is 22.7 Å². The standard InChI is InChI=1S/C19H18N2O3S2/c1-11-12(2)26-18(16(11)19(23)24-3)21-15(22)9-14-10-25-17(20-14)13-7-5-4-6-8-13/h4-8,10H,9H2,1-3H3,(H,21,22). The molecule has 0 radical (unpaired) electrons. The molecule has 0 aliphatic heterocycles. The Bertz CT molecular complexity index is 945. The summed E-state index contributed by atoms with van der Waals surface area (Å²) in [5, 5.41) is 6.12. The Labute approximate surface area is 159 Å². The van der Waals surface area contributed by atoms with Crippen LogP contribution < -0.4 is 5.32 Å². The predicted molar refractivity (Wildman–Crippen MR) is 105 cm³/mol. The number of hydrogen-bond acceptors (Lipinski definition) is 6. The highest BCUT2D eigenvalue weighted by molar-refractivity contribution is 7.16. The van der Waals surface area contributed by atoms with Crippen molar-refractivity contribution >= 4 is 39.6 Å². The molecule has 0 spiro atoms. The third kappa shape index (κ3) is 3.84. The molecule has 0 atom stereocenters. The first-order chi connectivity index (χ1) is 12.5. The third-order valence-electron chi connectivity index (χ3n) is 3.94. The molecule has 5 nitrogen and oxygen atoms in total. The summed E-state index contributed by atoms with van der Waals surface area (Å²) in [6, 6.07) is 9.85. The molecule has 0 unspecified atom stereocenters. The molecule has 7 heteroatoms. The number of esters is 1. The lowest BCUT2D eigenvalue weighted by molar-refractivity contribution is -0.115. The van der Waals surface area contributed by atoms with E-state index < -0.39 is 5.97 Å². The summed E-state index contributed by atoms with van der Waals surface area (Å²) < 4.78 is 4.83. The molecule has 1 aromatic carbocycles. The molecule has 1 amide bonds. The highest BCUT2D eigenvalue weighted by atomic mass is 32.1. The molecule has 1 N–H and O–H groups in total. The van der Waals surface area contributed by atoms with Gasteiger partial charge in [0.2, 0.25) is 5.91 Å². The molecule has 0 saturated heterocycles. The van der Waals surface area contributed by atoms with E-state index in [9.17, 15) is 9.59 Å². The number of nitrogens with one attached hydrogen (secondary N) is 1. The maximum atomic E-state index is 12.4. The number of methoxy groups -OCH3 is 1. The molecule has 0 bridgehead atoms. The smallest absolute Gasteiger partial charge is 0.341 e. The van der Waals surface area contributed by atoms with Crippen LogP contribution in [0, 0.1) is 13.8 Å². The van der Waals surface area contributed by atoms with Gasteiger partial charge in [0, 0.05) is 15.8 Å². The molecule has 0 aliphatic carbocycles.